The second-order valence-corrected chi connectivity index (χ2v) is 7.23. The zero-order valence-electron chi connectivity index (χ0n) is 16.0. The summed E-state index contributed by atoms with van der Waals surface area (Å²) in [5, 5.41) is 12.9. The highest BCUT2D eigenvalue weighted by Gasteiger charge is 2.26. The van der Waals surface area contributed by atoms with Crippen LogP contribution in [0, 0.1) is 5.82 Å². The van der Waals surface area contributed by atoms with E-state index in [1.807, 2.05) is 35.1 Å². The van der Waals surface area contributed by atoms with E-state index in [2.05, 4.69) is 16.1 Å². The van der Waals surface area contributed by atoms with Crippen LogP contribution in [0.1, 0.15) is 35.6 Å². The van der Waals surface area contributed by atoms with Gasteiger partial charge >= 0.3 is 0 Å². The Morgan fingerprint density at radius 1 is 1.34 bits per heavy atom. The number of nitrogens with zero attached hydrogens (tertiary/aromatic N) is 3. The predicted octanol–water partition coefficient (Wildman–Crippen LogP) is 3.37. The van der Waals surface area contributed by atoms with Crippen LogP contribution in [-0.4, -0.2) is 38.7 Å². The molecule has 4 rings (SSSR count). The van der Waals surface area contributed by atoms with E-state index in [0.717, 1.165) is 49.5 Å². The van der Waals surface area contributed by atoms with Crippen LogP contribution in [0.15, 0.2) is 54.9 Å². The number of hydroxylamine groups is 1. The topological polar surface area (TPSA) is 69.9 Å². The first-order chi connectivity index (χ1) is 14.2. The van der Waals surface area contributed by atoms with Gasteiger partial charge in [0.15, 0.2) is 0 Å². The lowest BCUT2D eigenvalue weighted by atomic mass is 10.0. The van der Waals surface area contributed by atoms with Gasteiger partial charge in [0.1, 0.15) is 5.82 Å². The smallest absolute Gasteiger partial charge is 0.267 e. The van der Waals surface area contributed by atoms with Gasteiger partial charge < -0.3 is 0 Å². The number of halogens is 1. The van der Waals surface area contributed by atoms with Crippen molar-refractivity contribution in [3.63, 3.8) is 0 Å². The second-order valence-electron chi connectivity index (χ2n) is 7.23. The number of likely N-dealkylation sites (tertiary alicyclic amines) is 1. The van der Waals surface area contributed by atoms with Crippen LogP contribution in [0.3, 0.4) is 0 Å². The first-order valence-electron chi connectivity index (χ1n) is 9.72. The van der Waals surface area contributed by atoms with E-state index in [1.54, 1.807) is 12.1 Å². The highest BCUT2D eigenvalue weighted by Crippen LogP contribution is 2.33. The van der Waals surface area contributed by atoms with Gasteiger partial charge in [0.05, 0.1) is 11.7 Å². The molecule has 3 heterocycles. The molecule has 2 aromatic heterocycles. The van der Waals surface area contributed by atoms with Crippen LogP contribution in [0.25, 0.3) is 11.6 Å². The number of carbonyl (C=O) groups excluding carboxylic acids is 1. The lowest BCUT2D eigenvalue weighted by Gasteiger charge is -2.25. The number of carbonyl (C=O) groups is 1. The summed E-state index contributed by atoms with van der Waals surface area (Å²) in [4.78, 5) is 13.5. The van der Waals surface area contributed by atoms with Crippen molar-refractivity contribution in [2.24, 2.45) is 0 Å². The number of benzene rings is 1. The van der Waals surface area contributed by atoms with Crippen LogP contribution in [0.4, 0.5) is 4.39 Å². The molecular weight excluding hydrogens is 371 g/mol. The zero-order valence-corrected chi connectivity index (χ0v) is 16.0. The first kappa shape index (κ1) is 19.3. The molecule has 1 saturated heterocycles. The standard InChI is InChI=1S/C22H23FN4O2/c23-19-14-17(7-6-16(19)8-9-22(28)25-29)20-5-3-11-26(20)13-10-18-15-24-27-12-2-1-4-21(18)27/h1-2,4,6-9,12,14-15,20,29H,3,5,10-11,13H2,(H,25,28)/b9-8+. The molecule has 150 valence electrons. The molecule has 1 atom stereocenters. The molecule has 1 amide bonds. The highest BCUT2D eigenvalue weighted by atomic mass is 19.1. The van der Waals surface area contributed by atoms with E-state index in [4.69, 9.17) is 5.21 Å². The molecule has 1 aromatic carbocycles. The van der Waals surface area contributed by atoms with E-state index in [0.29, 0.717) is 5.56 Å². The van der Waals surface area contributed by atoms with Gasteiger partial charge in [0, 0.05) is 30.4 Å². The zero-order chi connectivity index (χ0) is 20.2. The SMILES string of the molecule is O=C(/C=C/c1ccc(C2CCCN2CCc2cnn3ccccc23)cc1F)NO. The van der Waals surface area contributed by atoms with Gasteiger partial charge in [0.25, 0.3) is 5.91 Å². The number of hydrogen-bond acceptors (Lipinski definition) is 4. The Morgan fingerprint density at radius 2 is 2.24 bits per heavy atom. The Bertz CT molecular complexity index is 1050. The molecule has 6 nitrogen and oxygen atoms in total. The Balaban J connectivity index is 1.46. The fourth-order valence-corrected chi connectivity index (χ4v) is 4.00. The average Bonchev–Trinajstić information content (AvgIpc) is 3.38. The molecule has 0 saturated carbocycles. The summed E-state index contributed by atoms with van der Waals surface area (Å²) in [7, 11) is 0. The van der Waals surface area contributed by atoms with Crippen molar-refractivity contribution >= 4 is 17.5 Å². The van der Waals surface area contributed by atoms with E-state index >= 15 is 0 Å². The quantitative estimate of drug-likeness (QED) is 0.382. The van der Waals surface area contributed by atoms with Crippen molar-refractivity contribution in [1.29, 1.82) is 0 Å². The molecule has 0 aliphatic carbocycles. The Morgan fingerprint density at radius 3 is 3.07 bits per heavy atom. The van der Waals surface area contributed by atoms with Crippen LogP contribution >= 0.6 is 0 Å². The van der Waals surface area contributed by atoms with Gasteiger partial charge in [-0.15, -0.1) is 0 Å². The molecular formula is C22H23FN4O2. The Labute approximate surface area is 168 Å². The minimum Gasteiger partial charge on any atom is -0.296 e. The van der Waals surface area contributed by atoms with Crippen LogP contribution in [-0.2, 0) is 11.2 Å². The summed E-state index contributed by atoms with van der Waals surface area (Å²) in [6.45, 7) is 1.88. The minimum atomic E-state index is -0.692. The summed E-state index contributed by atoms with van der Waals surface area (Å²) >= 11 is 0. The summed E-state index contributed by atoms with van der Waals surface area (Å²) in [6.07, 6.45) is 9.28. The normalized spacial score (nSPS) is 17.4. The van der Waals surface area contributed by atoms with E-state index in [9.17, 15) is 9.18 Å². The molecule has 0 bridgehead atoms. The average molecular weight is 394 g/mol. The number of pyridine rings is 1. The lowest BCUT2D eigenvalue weighted by molar-refractivity contribution is -0.124. The predicted molar refractivity (Wildman–Crippen MR) is 108 cm³/mol. The number of fused-ring (bicyclic) bond motifs is 1. The molecule has 1 fully saturated rings. The number of aromatic nitrogens is 2. The minimum absolute atomic E-state index is 0.185. The molecule has 1 unspecified atom stereocenters. The van der Waals surface area contributed by atoms with Crippen molar-refractivity contribution < 1.29 is 14.4 Å². The van der Waals surface area contributed by atoms with Crippen LogP contribution < -0.4 is 5.48 Å². The van der Waals surface area contributed by atoms with Crippen LogP contribution in [0.5, 0.6) is 0 Å². The summed E-state index contributed by atoms with van der Waals surface area (Å²) in [5.74, 6) is -1.07. The van der Waals surface area contributed by atoms with Crippen molar-refractivity contribution in [3.05, 3.63) is 77.4 Å². The molecule has 2 N–H and O–H groups in total. The summed E-state index contributed by atoms with van der Waals surface area (Å²) in [5.41, 5.74) is 5.09. The maximum Gasteiger partial charge on any atom is 0.267 e. The lowest BCUT2D eigenvalue weighted by Crippen LogP contribution is -2.25. The summed E-state index contributed by atoms with van der Waals surface area (Å²) < 4.78 is 16.4. The maximum atomic E-state index is 14.5. The maximum absolute atomic E-state index is 14.5. The fraction of sp³-hybridized carbons (Fsp3) is 0.273. The van der Waals surface area contributed by atoms with Gasteiger partial charge in [-0.05, 0) is 61.2 Å². The van der Waals surface area contributed by atoms with E-state index in [-0.39, 0.29) is 11.9 Å². The Hall–Kier alpha value is -3.03. The number of hydrogen-bond donors (Lipinski definition) is 2. The van der Waals surface area contributed by atoms with Gasteiger partial charge in [-0.3, -0.25) is 14.9 Å². The molecule has 3 aromatic rings. The number of amides is 1. The van der Waals surface area contributed by atoms with Gasteiger partial charge in [-0.2, -0.15) is 5.10 Å². The summed E-state index contributed by atoms with van der Waals surface area (Å²) in [6, 6.07) is 11.4. The molecule has 7 heteroatoms. The molecule has 1 aliphatic heterocycles. The number of nitrogens with one attached hydrogen (secondary N) is 1. The fourth-order valence-electron chi connectivity index (χ4n) is 4.00. The van der Waals surface area contributed by atoms with Crippen molar-refractivity contribution in [3.8, 4) is 0 Å². The van der Waals surface area contributed by atoms with Crippen LogP contribution in [0.2, 0.25) is 0 Å². The molecule has 29 heavy (non-hydrogen) atoms. The third kappa shape index (κ3) is 4.21. The van der Waals surface area contributed by atoms with E-state index < -0.39 is 5.91 Å². The van der Waals surface area contributed by atoms with Gasteiger partial charge in [-0.1, -0.05) is 18.2 Å². The number of rotatable bonds is 6. The third-order valence-electron chi connectivity index (χ3n) is 5.47. The molecule has 0 spiro atoms. The monoisotopic (exact) mass is 394 g/mol. The van der Waals surface area contributed by atoms with Gasteiger partial charge in [-0.25, -0.2) is 14.4 Å². The van der Waals surface area contributed by atoms with E-state index in [1.165, 1.54) is 17.1 Å². The third-order valence-corrected chi connectivity index (χ3v) is 5.47. The van der Waals surface area contributed by atoms with Crippen molar-refractivity contribution in [1.82, 2.24) is 20.0 Å². The van der Waals surface area contributed by atoms with Crippen molar-refractivity contribution in [2.45, 2.75) is 25.3 Å². The largest absolute Gasteiger partial charge is 0.296 e. The first-order valence-corrected chi connectivity index (χ1v) is 9.72. The van der Waals surface area contributed by atoms with Gasteiger partial charge in [0.2, 0.25) is 0 Å². The highest BCUT2D eigenvalue weighted by molar-refractivity contribution is 5.90. The van der Waals surface area contributed by atoms with Crippen molar-refractivity contribution in [2.75, 3.05) is 13.1 Å². The Kier molecular flexibility index (Phi) is 5.69. The molecule has 1 aliphatic rings. The molecule has 0 radical (unpaired) electrons. The second kappa shape index (κ2) is 8.55.